The molecule has 4 aromatic rings. The van der Waals surface area contributed by atoms with Crippen molar-refractivity contribution >= 4 is 34.1 Å². The topological polar surface area (TPSA) is 42.0 Å². The molecule has 3 aromatic carbocycles. The molecule has 0 saturated carbocycles. The highest BCUT2D eigenvalue weighted by molar-refractivity contribution is 6.30. The van der Waals surface area contributed by atoms with E-state index in [1.807, 2.05) is 36.4 Å². The number of aryl methyl sites for hydroxylation is 1. The summed E-state index contributed by atoms with van der Waals surface area (Å²) in [5, 5.41) is 4.61. The van der Waals surface area contributed by atoms with E-state index < -0.39 is 0 Å². The average Bonchev–Trinajstić information content (AvgIpc) is 2.72. The third-order valence-corrected chi connectivity index (χ3v) is 4.83. The lowest BCUT2D eigenvalue weighted by atomic mass is 10.0. The number of anilines is 1. The van der Waals surface area contributed by atoms with Gasteiger partial charge in [-0.1, -0.05) is 66.2 Å². The monoisotopic (exact) mass is 386 g/mol. The van der Waals surface area contributed by atoms with Gasteiger partial charge in [-0.25, -0.2) is 4.98 Å². The van der Waals surface area contributed by atoms with Crippen LogP contribution in [0.15, 0.2) is 84.9 Å². The van der Waals surface area contributed by atoms with Crippen molar-refractivity contribution in [2.75, 3.05) is 5.32 Å². The van der Waals surface area contributed by atoms with Crippen LogP contribution in [0, 0.1) is 0 Å². The predicted molar refractivity (Wildman–Crippen MR) is 116 cm³/mol. The molecule has 0 aliphatic carbocycles. The summed E-state index contributed by atoms with van der Waals surface area (Å²) in [6.07, 6.45) is 1.10. The molecule has 0 atom stereocenters. The Kier molecular flexibility index (Phi) is 5.36. The van der Waals surface area contributed by atoms with Crippen molar-refractivity contribution in [1.29, 1.82) is 0 Å². The van der Waals surface area contributed by atoms with Crippen LogP contribution < -0.4 is 5.32 Å². The summed E-state index contributed by atoms with van der Waals surface area (Å²) in [6, 6.07) is 27.6. The van der Waals surface area contributed by atoms with Crippen LogP contribution in [0.2, 0.25) is 5.02 Å². The van der Waals surface area contributed by atoms with E-state index in [0.29, 0.717) is 17.9 Å². The van der Waals surface area contributed by atoms with Gasteiger partial charge in [0, 0.05) is 28.1 Å². The number of aromatic nitrogens is 1. The van der Waals surface area contributed by atoms with E-state index in [2.05, 4.69) is 41.7 Å². The molecule has 4 rings (SSSR count). The zero-order valence-corrected chi connectivity index (χ0v) is 16.0. The number of halogens is 1. The number of hydrogen-bond acceptors (Lipinski definition) is 2. The summed E-state index contributed by atoms with van der Waals surface area (Å²) < 4.78 is 0. The van der Waals surface area contributed by atoms with Gasteiger partial charge in [0.05, 0.1) is 11.2 Å². The number of carbonyl (C=O) groups excluding carboxylic acids is 1. The van der Waals surface area contributed by atoms with Crippen molar-refractivity contribution in [1.82, 2.24) is 4.98 Å². The van der Waals surface area contributed by atoms with Crippen molar-refractivity contribution in [3.8, 4) is 11.3 Å². The first-order valence-corrected chi connectivity index (χ1v) is 9.56. The Morgan fingerprint density at radius 2 is 1.71 bits per heavy atom. The maximum Gasteiger partial charge on any atom is 0.224 e. The third-order valence-electron chi connectivity index (χ3n) is 4.60. The second-order valence-electron chi connectivity index (χ2n) is 6.64. The first kappa shape index (κ1) is 18.2. The zero-order valence-electron chi connectivity index (χ0n) is 15.2. The van der Waals surface area contributed by atoms with Crippen molar-refractivity contribution in [3.63, 3.8) is 0 Å². The molecule has 0 bridgehead atoms. The Morgan fingerprint density at radius 3 is 2.54 bits per heavy atom. The van der Waals surface area contributed by atoms with E-state index in [-0.39, 0.29) is 5.91 Å². The highest BCUT2D eigenvalue weighted by Gasteiger charge is 2.05. The van der Waals surface area contributed by atoms with E-state index in [0.717, 1.165) is 33.4 Å². The van der Waals surface area contributed by atoms with E-state index >= 15 is 0 Å². The number of benzene rings is 3. The van der Waals surface area contributed by atoms with Gasteiger partial charge in [-0.05, 0) is 42.3 Å². The molecule has 3 nitrogen and oxygen atoms in total. The first-order valence-electron chi connectivity index (χ1n) is 9.18. The lowest BCUT2D eigenvalue weighted by Crippen LogP contribution is -2.12. The number of nitrogens with one attached hydrogen (secondary N) is 1. The highest BCUT2D eigenvalue weighted by Crippen LogP contribution is 2.22. The molecule has 138 valence electrons. The number of fused-ring (bicyclic) bond motifs is 1. The van der Waals surface area contributed by atoms with Crippen LogP contribution in [-0.4, -0.2) is 10.9 Å². The second kappa shape index (κ2) is 8.24. The molecule has 0 saturated heterocycles. The fourth-order valence-electron chi connectivity index (χ4n) is 3.12. The van der Waals surface area contributed by atoms with Gasteiger partial charge in [-0.15, -0.1) is 0 Å². The lowest BCUT2D eigenvalue weighted by molar-refractivity contribution is -0.116. The average molecular weight is 387 g/mol. The summed E-state index contributed by atoms with van der Waals surface area (Å²) >= 11 is 5.94. The summed E-state index contributed by atoms with van der Waals surface area (Å²) in [4.78, 5) is 16.9. The number of para-hydroxylation sites is 1. The van der Waals surface area contributed by atoms with Gasteiger partial charge in [0.25, 0.3) is 0 Å². The Hall–Kier alpha value is -3.17. The van der Waals surface area contributed by atoms with Gasteiger partial charge in [-0.3, -0.25) is 4.79 Å². The van der Waals surface area contributed by atoms with Crippen LogP contribution in [0.3, 0.4) is 0 Å². The first-order chi connectivity index (χ1) is 13.7. The van der Waals surface area contributed by atoms with Crippen LogP contribution in [-0.2, 0) is 11.2 Å². The van der Waals surface area contributed by atoms with Gasteiger partial charge < -0.3 is 5.32 Å². The quantitative estimate of drug-likeness (QED) is 0.448. The van der Waals surface area contributed by atoms with Crippen LogP contribution in [0.4, 0.5) is 5.69 Å². The molecule has 1 amide bonds. The zero-order chi connectivity index (χ0) is 19.3. The van der Waals surface area contributed by atoms with Gasteiger partial charge in [0.2, 0.25) is 5.91 Å². The van der Waals surface area contributed by atoms with Gasteiger partial charge >= 0.3 is 0 Å². The van der Waals surface area contributed by atoms with Crippen molar-refractivity contribution < 1.29 is 4.79 Å². The SMILES string of the molecule is O=C(CCc1ccc(-c2ccc3ccccc3n2)cc1)Nc1cccc(Cl)c1. The number of carbonyl (C=O) groups is 1. The molecule has 1 heterocycles. The van der Waals surface area contributed by atoms with Crippen LogP contribution in [0.1, 0.15) is 12.0 Å². The third kappa shape index (κ3) is 4.38. The summed E-state index contributed by atoms with van der Waals surface area (Å²) in [6.45, 7) is 0. The van der Waals surface area contributed by atoms with Crippen molar-refractivity contribution in [2.45, 2.75) is 12.8 Å². The second-order valence-corrected chi connectivity index (χ2v) is 7.08. The smallest absolute Gasteiger partial charge is 0.224 e. The Labute approximate surface area is 169 Å². The van der Waals surface area contributed by atoms with Crippen LogP contribution in [0.5, 0.6) is 0 Å². The van der Waals surface area contributed by atoms with E-state index in [1.54, 1.807) is 12.1 Å². The molecule has 0 aliphatic heterocycles. The number of pyridine rings is 1. The van der Waals surface area contributed by atoms with Gasteiger partial charge in [-0.2, -0.15) is 0 Å². The van der Waals surface area contributed by atoms with Crippen molar-refractivity contribution in [3.05, 3.63) is 95.5 Å². The largest absolute Gasteiger partial charge is 0.326 e. The minimum Gasteiger partial charge on any atom is -0.326 e. The fourth-order valence-corrected chi connectivity index (χ4v) is 3.31. The summed E-state index contributed by atoms with van der Waals surface area (Å²) in [7, 11) is 0. The standard InChI is InChI=1S/C24H19ClN2O/c25-20-5-3-6-21(16-20)26-24(28)15-10-17-8-11-19(12-9-17)23-14-13-18-4-1-2-7-22(18)27-23/h1-9,11-14,16H,10,15H2,(H,26,28). The molecule has 28 heavy (non-hydrogen) atoms. The molecule has 0 spiro atoms. The molecule has 0 aliphatic rings. The molecule has 0 radical (unpaired) electrons. The molecule has 0 unspecified atom stereocenters. The minimum absolute atomic E-state index is 0.0254. The highest BCUT2D eigenvalue weighted by atomic mass is 35.5. The summed E-state index contributed by atoms with van der Waals surface area (Å²) in [5.41, 5.74) is 4.84. The Morgan fingerprint density at radius 1 is 0.893 bits per heavy atom. The van der Waals surface area contributed by atoms with E-state index in [1.165, 1.54) is 0 Å². The molecule has 1 aromatic heterocycles. The number of nitrogens with zero attached hydrogens (tertiary/aromatic N) is 1. The maximum atomic E-state index is 12.1. The molecular weight excluding hydrogens is 368 g/mol. The number of rotatable bonds is 5. The summed E-state index contributed by atoms with van der Waals surface area (Å²) in [5.74, 6) is -0.0254. The predicted octanol–water partition coefficient (Wildman–Crippen LogP) is 6.13. The Balaban J connectivity index is 1.39. The van der Waals surface area contributed by atoms with Crippen LogP contribution in [0.25, 0.3) is 22.2 Å². The number of amides is 1. The normalized spacial score (nSPS) is 10.8. The van der Waals surface area contributed by atoms with E-state index in [9.17, 15) is 4.79 Å². The minimum atomic E-state index is -0.0254. The Bertz CT molecular complexity index is 1120. The van der Waals surface area contributed by atoms with E-state index in [4.69, 9.17) is 16.6 Å². The molecular formula is C24H19ClN2O. The van der Waals surface area contributed by atoms with Crippen molar-refractivity contribution in [2.24, 2.45) is 0 Å². The number of hydrogen-bond donors (Lipinski definition) is 1. The van der Waals surface area contributed by atoms with Crippen LogP contribution >= 0.6 is 11.6 Å². The molecule has 0 fully saturated rings. The molecule has 1 N–H and O–H groups in total. The van der Waals surface area contributed by atoms with Gasteiger partial charge in [0.15, 0.2) is 0 Å². The maximum absolute atomic E-state index is 12.1. The van der Waals surface area contributed by atoms with Gasteiger partial charge in [0.1, 0.15) is 0 Å². The fraction of sp³-hybridized carbons (Fsp3) is 0.0833. The molecule has 4 heteroatoms. The lowest BCUT2D eigenvalue weighted by Gasteiger charge is -2.07.